The lowest BCUT2D eigenvalue weighted by Crippen LogP contribution is -2.32. The van der Waals surface area contributed by atoms with Crippen LogP contribution < -0.4 is 10.5 Å². The highest BCUT2D eigenvalue weighted by molar-refractivity contribution is 5.86. The summed E-state index contributed by atoms with van der Waals surface area (Å²) in [6, 6.07) is 0.120. The van der Waals surface area contributed by atoms with Crippen LogP contribution in [-0.4, -0.2) is 51.8 Å². The molecule has 3 rings (SSSR count). The van der Waals surface area contributed by atoms with Crippen LogP contribution in [0.1, 0.15) is 29.7 Å². The van der Waals surface area contributed by atoms with Gasteiger partial charge >= 0.3 is 0 Å². The zero-order valence-corrected chi connectivity index (χ0v) is 17.2. The summed E-state index contributed by atoms with van der Waals surface area (Å²) in [7, 11) is 3.47. The molecule has 1 aliphatic heterocycles. The number of aryl methyl sites for hydroxylation is 3. The van der Waals surface area contributed by atoms with Gasteiger partial charge in [0.25, 0.3) is 0 Å². The number of halogens is 2. The number of rotatable bonds is 4. The molecule has 7 nitrogen and oxygen atoms in total. The van der Waals surface area contributed by atoms with E-state index in [1.54, 1.807) is 11.8 Å². The summed E-state index contributed by atoms with van der Waals surface area (Å²) >= 11 is 0. The minimum atomic E-state index is 0. The number of hydrogen-bond acceptors (Lipinski definition) is 5. The van der Waals surface area contributed by atoms with Crippen LogP contribution >= 0.6 is 24.8 Å². The fourth-order valence-electron chi connectivity index (χ4n) is 3.51. The van der Waals surface area contributed by atoms with E-state index in [0.29, 0.717) is 25.3 Å². The molecule has 2 aromatic rings. The van der Waals surface area contributed by atoms with Crippen LogP contribution in [0.15, 0.2) is 0 Å². The normalized spacial score (nSPS) is 16.3. The van der Waals surface area contributed by atoms with E-state index in [-0.39, 0.29) is 36.8 Å². The first-order chi connectivity index (χ1) is 11.4. The van der Waals surface area contributed by atoms with Crippen LogP contribution in [0.25, 0.3) is 11.0 Å². The van der Waals surface area contributed by atoms with E-state index in [0.717, 1.165) is 40.8 Å². The summed E-state index contributed by atoms with van der Waals surface area (Å²) in [5.41, 5.74) is 9.83. The molecular weight excluding hydrogens is 377 g/mol. The first-order valence-electron chi connectivity index (χ1n) is 8.32. The molecule has 0 radical (unpaired) electrons. The van der Waals surface area contributed by atoms with Crippen molar-refractivity contribution in [2.45, 2.75) is 39.2 Å². The molecule has 0 bridgehead atoms. The summed E-state index contributed by atoms with van der Waals surface area (Å²) in [5, 5.41) is 5.29. The number of hydrogen-bond donors (Lipinski definition) is 1. The topological polar surface area (TPSA) is 86.3 Å². The lowest BCUT2D eigenvalue weighted by atomic mass is 10.00. The van der Waals surface area contributed by atoms with E-state index in [9.17, 15) is 4.79 Å². The average molecular weight is 404 g/mol. The predicted octanol–water partition coefficient (Wildman–Crippen LogP) is 1.93. The second kappa shape index (κ2) is 8.88. The van der Waals surface area contributed by atoms with Gasteiger partial charge in [-0.15, -0.1) is 29.9 Å². The van der Waals surface area contributed by atoms with E-state index < -0.39 is 0 Å². The van der Waals surface area contributed by atoms with Crippen molar-refractivity contribution in [1.29, 1.82) is 0 Å². The number of nitrogens with two attached hydrogens (primary N) is 1. The maximum absolute atomic E-state index is 12.4. The highest BCUT2D eigenvalue weighted by atomic mass is 35.5. The number of pyridine rings is 1. The standard InChI is InChI=1S/C17H25N5O2.2ClH/c1-10-13(5-6-14(23)22-8-7-12(18)9-22)11(2)19-16-15(10)17(24-4)20-21(16)3;;/h12H,5-9,18H2,1-4H3;2*1H/t12-;;/m1../s1. The third-order valence-corrected chi connectivity index (χ3v) is 4.88. The Hall–Kier alpha value is -1.57. The van der Waals surface area contributed by atoms with Crippen molar-refractivity contribution in [2.24, 2.45) is 12.8 Å². The maximum Gasteiger partial charge on any atom is 0.242 e. The largest absolute Gasteiger partial charge is 0.479 e. The van der Waals surface area contributed by atoms with Gasteiger partial charge in [0.05, 0.1) is 12.5 Å². The van der Waals surface area contributed by atoms with Crippen LogP contribution in [0.5, 0.6) is 5.88 Å². The minimum Gasteiger partial charge on any atom is -0.479 e. The number of aromatic nitrogens is 3. The van der Waals surface area contributed by atoms with Crippen LogP contribution in [0.3, 0.4) is 0 Å². The smallest absolute Gasteiger partial charge is 0.242 e. The molecule has 0 spiro atoms. The first-order valence-corrected chi connectivity index (χ1v) is 8.32. The van der Waals surface area contributed by atoms with E-state index in [1.807, 2.05) is 25.8 Å². The molecule has 0 aliphatic carbocycles. The molecule has 1 fully saturated rings. The van der Waals surface area contributed by atoms with Crippen molar-refractivity contribution in [1.82, 2.24) is 19.7 Å². The van der Waals surface area contributed by atoms with Crippen molar-refractivity contribution in [2.75, 3.05) is 20.2 Å². The van der Waals surface area contributed by atoms with Gasteiger partial charge in [0.2, 0.25) is 11.8 Å². The van der Waals surface area contributed by atoms with Crippen molar-refractivity contribution in [3.63, 3.8) is 0 Å². The number of fused-ring (bicyclic) bond motifs is 1. The number of nitrogens with zero attached hydrogens (tertiary/aromatic N) is 4. The molecule has 1 aliphatic rings. The molecule has 26 heavy (non-hydrogen) atoms. The Kier molecular flexibility index (Phi) is 7.68. The molecule has 2 aromatic heterocycles. The quantitative estimate of drug-likeness (QED) is 0.842. The fourth-order valence-corrected chi connectivity index (χ4v) is 3.51. The van der Waals surface area contributed by atoms with E-state index >= 15 is 0 Å². The highest BCUT2D eigenvalue weighted by Gasteiger charge is 2.24. The third kappa shape index (κ3) is 4.05. The Morgan fingerprint density at radius 3 is 2.62 bits per heavy atom. The summed E-state index contributed by atoms with van der Waals surface area (Å²) in [6.45, 7) is 5.47. The first kappa shape index (κ1) is 22.5. The SMILES string of the molecule is COc1nn(C)c2nc(C)c(CCC(=O)N3CC[C@@H](N)C3)c(C)c12.Cl.Cl. The fraction of sp³-hybridized carbons (Fsp3) is 0.588. The molecule has 3 heterocycles. The molecule has 0 unspecified atom stereocenters. The Labute approximate surface area is 166 Å². The van der Waals surface area contributed by atoms with Gasteiger partial charge in [0, 0.05) is 38.3 Å². The summed E-state index contributed by atoms with van der Waals surface area (Å²) in [4.78, 5) is 18.9. The molecule has 0 saturated carbocycles. The van der Waals surface area contributed by atoms with Crippen LogP contribution in [0.4, 0.5) is 0 Å². The van der Waals surface area contributed by atoms with E-state index in [1.165, 1.54) is 0 Å². The second-order valence-corrected chi connectivity index (χ2v) is 6.52. The number of carbonyl (C=O) groups is 1. The van der Waals surface area contributed by atoms with Gasteiger partial charge in [-0.1, -0.05) is 0 Å². The Morgan fingerprint density at radius 1 is 1.35 bits per heavy atom. The Morgan fingerprint density at radius 2 is 2.04 bits per heavy atom. The van der Waals surface area contributed by atoms with Gasteiger partial charge in [-0.05, 0) is 37.8 Å². The highest BCUT2D eigenvalue weighted by Crippen LogP contribution is 2.30. The number of likely N-dealkylation sites (tertiary alicyclic amines) is 1. The monoisotopic (exact) mass is 403 g/mol. The van der Waals surface area contributed by atoms with Gasteiger partial charge in [-0.3, -0.25) is 4.79 Å². The second-order valence-electron chi connectivity index (χ2n) is 6.52. The summed E-state index contributed by atoms with van der Waals surface area (Å²) in [5.74, 6) is 0.746. The molecule has 9 heteroatoms. The van der Waals surface area contributed by atoms with Gasteiger partial charge in [0.1, 0.15) is 0 Å². The number of amides is 1. The predicted molar refractivity (Wildman–Crippen MR) is 107 cm³/mol. The van der Waals surface area contributed by atoms with Crippen LogP contribution in [0.2, 0.25) is 0 Å². The summed E-state index contributed by atoms with van der Waals surface area (Å²) in [6.07, 6.45) is 2.04. The van der Waals surface area contributed by atoms with Crippen molar-refractivity contribution < 1.29 is 9.53 Å². The number of methoxy groups -OCH3 is 1. The molecule has 1 amide bonds. The molecule has 1 atom stereocenters. The minimum absolute atomic E-state index is 0. The Balaban J connectivity index is 0.00000169. The number of carbonyl (C=O) groups excluding carboxylic acids is 1. The Bertz CT molecular complexity index is 793. The molecular formula is C17H27Cl2N5O2. The van der Waals surface area contributed by atoms with Crippen LogP contribution in [0, 0.1) is 13.8 Å². The van der Waals surface area contributed by atoms with Gasteiger partial charge < -0.3 is 15.4 Å². The molecule has 1 saturated heterocycles. The van der Waals surface area contributed by atoms with Crippen molar-refractivity contribution in [3.05, 3.63) is 16.8 Å². The molecule has 146 valence electrons. The number of ether oxygens (including phenoxy) is 1. The third-order valence-electron chi connectivity index (χ3n) is 4.88. The zero-order chi connectivity index (χ0) is 17.4. The average Bonchev–Trinajstić information content (AvgIpc) is 3.11. The van der Waals surface area contributed by atoms with Gasteiger partial charge in [-0.25, -0.2) is 9.67 Å². The maximum atomic E-state index is 12.4. The lowest BCUT2D eigenvalue weighted by molar-refractivity contribution is -0.130. The van der Waals surface area contributed by atoms with Crippen molar-refractivity contribution in [3.8, 4) is 5.88 Å². The van der Waals surface area contributed by atoms with E-state index in [2.05, 4.69) is 10.1 Å². The molecule has 2 N–H and O–H groups in total. The summed E-state index contributed by atoms with van der Waals surface area (Å²) < 4.78 is 7.11. The van der Waals surface area contributed by atoms with E-state index in [4.69, 9.17) is 10.5 Å². The molecule has 0 aromatic carbocycles. The van der Waals surface area contributed by atoms with Crippen molar-refractivity contribution >= 4 is 41.8 Å². The van der Waals surface area contributed by atoms with Gasteiger partial charge in [-0.2, -0.15) is 0 Å². The van der Waals surface area contributed by atoms with Gasteiger partial charge in [0.15, 0.2) is 5.65 Å². The lowest BCUT2D eigenvalue weighted by Gasteiger charge is -2.17. The zero-order valence-electron chi connectivity index (χ0n) is 15.6. The van der Waals surface area contributed by atoms with Crippen LogP contribution in [-0.2, 0) is 18.3 Å².